The maximum atomic E-state index is 9.83. The molecule has 0 saturated heterocycles. The second-order valence-electron chi connectivity index (χ2n) is 2.91. The number of hydrogen-bond acceptors (Lipinski definition) is 2. The van der Waals surface area contributed by atoms with Crippen molar-refractivity contribution < 1.29 is 4.65 Å². The molecular weight excluding hydrogens is 168 g/mol. The maximum absolute atomic E-state index is 9.83. The summed E-state index contributed by atoms with van der Waals surface area (Å²) in [4.78, 5) is 1.76. The van der Waals surface area contributed by atoms with E-state index in [-0.39, 0.29) is 5.96 Å². The molecule has 0 bridgehead atoms. The van der Waals surface area contributed by atoms with Gasteiger partial charge in [0, 0.05) is 0 Å². The molecule has 1 rings (SSSR count). The number of nitrogens with one attached hydrogen (secondary N) is 2. The molecule has 0 radical (unpaired) electrons. The van der Waals surface area contributed by atoms with Gasteiger partial charge in [-0.3, -0.25) is 0 Å². The van der Waals surface area contributed by atoms with E-state index in [1.54, 1.807) is 11.2 Å². The first-order valence-electron chi connectivity index (χ1n) is 4.11. The van der Waals surface area contributed by atoms with E-state index in [1.807, 2.05) is 6.08 Å². The molecule has 0 unspecified atom stereocenters. The zero-order valence-corrected chi connectivity index (χ0v) is 7.34. The predicted octanol–water partition coefficient (Wildman–Crippen LogP) is -0.551. The van der Waals surface area contributed by atoms with E-state index in [4.69, 9.17) is 11.1 Å². The van der Waals surface area contributed by atoms with Crippen LogP contribution >= 0.6 is 0 Å². The summed E-state index contributed by atoms with van der Waals surface area (Å²) in [5.74, 6) is 0.0983. The molecule has 0 saturated carbocycles. The minimum absolute atomic E-state index is 0.0983. The van der Waals surface area contributed by atoms with E-state index in [2.05, 4.69) is 5.32 Å². The third-order valence-corrected chi connectivity index (χ3v) is 1.98. The van der Waals surface area contributed by atoms with Gasteiger partial charge in [-0.1, -0.05) is 0 Å². The Morgan fingerprint density at radius 1 is 1.85 bits per heavy atom. The molecule has 0 aliphatic carbocycles. The molecular formula is C8H13N4O+. The molecule has 0 aromatic rings. The molecule has 1 aliphatic heterocycles. The molecule has 1 aliphatic rings. The van der Waals surface area contributed by atoms with Gasteiger partial charge < -0.3 is 0 Å². The van der Waals surface area contributed by atoms with Crippen LogP contribution in [0, 0.1) is 11.7 Å². The topological polar surface area (TPSA) is 85.0 Å². The van der Waals surface area contributed by atoms with Crippen molar-refractivity contribution >= 4 is 5.96 Å². The van der Waals surface area contributed by atoms with Crippen molar-refractivity contribution in [2.45, 2.75) is 6.42 Å². The van der Waals surface area contributed by atoms with Gasteiger partial charge in [0.25, 0.3) is 0 Å². The quantitative estimate of drug-likeness (QED) is 0.136. The number of nitrogens with zero attached hydrogens (tertiary/aromatic N) is 1. The van der Waals surface area contributed by atoms with Gasteiger partial charge in [0.05, 0.1) is 0 Å². The van der Waals surface area contributed by atoms with Crippen molar-refractivity contribution in [2.24, 2.45) is 5.73 Å². The third kappa shape index (κ3) is 2.82. The molecule has 5 nitrogen and oxygen atoms in total. The van der Waals surface area contributed by atoms with Crippen molar-refractivity contribution in [2.75, 3.05) is 19.6 Å². The Labute approximate surface area is 76.8 Å². The third-order valence-electron chi connectivity index (χ3n) is 1.98. The fourth-order valence-electron chi connectivity index (χ4n) is 1.25. The Hall–Kier alpha value is -1.45. The van der Waals surface area contributed by atoms with Crippen LogP contribution < -0.4 is 11.1 Å². The van der Waals surface area contributed by atoms with Crippen LogP contribution in [0.5, 0.6) is 0 Å². The van der Waals surface area contributed by atoms with Crippen LogP contribution in [0.25, 0.3) is 0 Å². The van der Waals surface area contributed by atoms with Crippen LogP contribution in [-0.4, -0.2) is 30.5 Å². The normalized spacial score (nSPS) is 15.0. The number of rotatable bonds is 3. The fraction of sp³-hybridized carbons (Fsp3) is 0.500. The SMILES string of the molecule is N=C(N)N1CC=C(CCNC#[O+])C1. The van der Waals surface area contributed by atoms with E-state index in [0.717, 1.165) is 6.42 Å². The van der Waals surface area contributed by atoms with Gasteiger partial charge in [0.15, 0.2) is 0 Å². The molecule has 4 N–H and O–H groups in total. The van der Waals surface area contributed by atoms with Crippen molar-refractivity contribution in [1.29, 1.82) is 5.41 Å². The van der Waals surface area contributed by atoms with Gasteiger partial charge in [-0.15, -0.1) is 0 Å². The molecule has 70 valence electrons. The molecule has 0 amide bonds. The van der Waals surface area contributed by atoms with E-state index in [1.165, 1.54) is 5.57 Å². The van der Waals surface area contributed by atoms with Gasteiger partial charge >= 0.3 is 75.9 Å². The Bertz CT molecular complexity index is 266. The average molecular weight is 181 g/mol. The number of guanidine groups is 1. The molecule has 0 aromatic heterocycles. The van der Waals surface area contributed by atoms with Crippen LogP contribution in [-0.2, 0) is 4.65 Å². The zero-order valence-electron chi connectivity index (χ0n) is 7.34. The van der Waals surface area contributed by atoms with Crippen molar-refractivity contribution in [3.63, 3.8) is 0 Å². The van der Waals surface area contributed by atoms with Crippen LogP contribution in [0.4, 0.5) is 0 Å². The molecule has 13 heavy (non-hydrogen) atoms. The molecule has 1 heterocycles. The standard InChI is InChI=1S/C8H13N4O/c9-8(10)12-4-2-7(5-12)1-3-11-6-13/h2,11H,1,3-5H2,(H3,9,10)/q+1. The summed E-state index contributed by atoms with van der Waals surface area (Å²) in [5.41, 5.74) is 6.52. The first kappa shape index (κ1) is 9.64. The second kappa shape index (κ2) is 4.54. The first-order chi connectivity index (χ1) is 6.24. The van der Waals surface area contributed by atoms with Crippen LogP contribution in [0.1, 0.15) is 6.42 Å². The molecule has 0 atom stereocenters. The van der Waals surface area contributed by atoms with E-state index < -0.39 is 0 Å². The zero-order chi connectivity index (χ0) is 9.68. The van der Waals surface area contributed by atoms with Crippen molar-refractivity contribution in [3.8, 4) is 6.27 Å². The van der Waals surface area contributed by atoms with Crippen LogP contribution in [0.2, 0.25) is 0 Å². The van der Waals surface area contributed by atoms with Crippen molar-refractivity contribution in [1.82, 2.24) is 10.2 Å². The summed E-state index contributed by atoms with van der Waals surface area (Å²) in [5, 5.41) is 9.66. The van der Waals surface area contributed by atoms with Gasteiger partial charge in [-0.05, 0) is 0 Å². The molecule has 5 heteroatoms. The summed E-state index contributed by atoms with van der Waals surface area (Å²) in [6.45, 7) is 2.01. The Balaban J connectivity index is 2.25. The summed E-state index contributed by atoms with van der Waals surface area (Å²) in [6, 6.07) is 0. The minimum atomic E-state index is 0.0983. The summed E-state index contributed by atoms with van der Waals surface area (Å²) < 4.78 is 9.83. The van der Waals surface area contributed by atoms with E-state index in [9.17, 15) is 4.65 Å². The molecule has 0 spiro atoms. The van der Waals surface area contributed by atoms with E-state index >= 15 is 0 Å². The van der Waals surface area contributed by atoms with Crippen LogP contribution in [0.3, 0.4) is 0 Å². The second-order valence-corrected chi connectivity index (χ2v) is 2.91. The van der Waals surface area contributed by atoms with Crippen molar-refractivity contribution in [3.05, 3.63) is 11.6 Å². The van der Waals surface area contributed by atoms with E-state index in [0.29, 0.717) is 19.6 Å². The van der Waals surface area contributed by atoms with Crippen LogP contribution in [0.15, 0.2) is 11.6 Å². The summed E-state index contributed by atoms with van der Waals surface area (Å²) >= 11 is 0. The number of hydrogen-bond donors (Lipinski definition) is 3. The predicted molar refractivity (Wildman–Crippen MR) is 48.8 cm³/mol. The number of nitrogens with two attached hydrogens (primary N) is 1. The summed E-state index contributed by atoms with van der Waals surface area (Å²) in [6.07, 6.45) is 4.46. The summed E-state index contributed by atoms with van der Waals surface area (Å²) in [7, 11) is 0. The first-order valence-corrected chi connectivity index (χ1v) is 4.11. The van der Waals surface area contributed by atoms with Gasteiger partial charge in [0.2, 0.25) is 0 Å². The Morgan fingerprint density at radius 2 is 2.62 bits per heavy atom. The van der Waals surface area contributed by atoms with Gasteiger partial charge in [0.1, 0.15) is 0 Å². The average Bonchev–Trinajstić information content (AvgIpc) is 2.53. The monoisotopic (exact) mass is 181 g/mol. The van der Waals surface area contributed by atoms with Gasteiger partial charge in [-0.2, -0.15) is 0 Å². The molecule has 0 aromatic carbocycles. The Kier molecular flexibility index (Phi) is 3.37. The van der Waals surface area contributed by atoms with Gasteiger partial charge in [-0.25, -0.2) is 0 Å². The Morgan fingerprint density at radius 3 is 3.15 bits per heavy atom. The molecule has 0 fully saturated rings. The fourth-order valence-corrected chi connectivity index (χ4v) is 1.25.